The van der Waals surface area contributed by atoms with Gasteiger partial charge < -0.3 is 10.1 Å². The first-order chi connectivity index (χ1) is 12.0. The first-order valence-electron chi connectivity index (χ1n) is 8.34. The van der Waals surface area contributed by atoms with Gasteiger partial charge in [0.05, 0.1) is 11.0 Å². The minimum Gasteiger partial charge on any atom is -0.381 e. The summed E-state index contributed by atoms with van der Waals surface area (Å²) in [5.41, 5.74) is 0.392. The smallest absolute Gasteiger partial charge is 0.251 e. The number of ether oxygens (including phenoxy) is 1. The van der Waals surface area contributed by atoms with E-state index in [9.17, 15) is 13.2 Å². The molecular weight excluding hydrogens is 342 g/mol. The predicted octanol–water partition coefficient (Wildman–Crippen LogP) is 1.82. The Bertz CT molecular complexity index is 666. The molecule has 0 spiro atoms. The largest absolute Gasteiger partial charge is 0.381 e. The summed E-state index contributed by atoms with van der Waals surface area (Å²) in [5, 5.41) is 11.2. The maximum atomic E-state index is 12.0. The number of nitriles is 1. The molecule has 0 radical (unpaired) electrons. The van der Waals surface area contributed by atoms with Crippen molar-refractivity contribution in [2.45, 2.75) is 37.5 Å². The van der Waals surface area contributed by atoms with E-state index in [1.165, 1.54) is 24.3 Å². The summed E-state index contributed by atoms with van der Waals surface area (Å²) in [6.45, 7) is 4.00. The van der Waals surface area contributed by atoms with Crippen molar-refractivity contribution in [3.63, 3.8) is 0 Å². The Balaban J connectivity index is 2.42. The van der Waals surface area contributed by atoms with Gasteiger partial charge in [-0.15, -0.1) is 0 Å². The lowest BCUT2D eigenvalue weighted by Gasteiger charge is -2.08. The van der Waals surface area contributed by atoms with E-state index >= 15 is 0 Å². The summed E-state index contributed by atoms with van der Waals surface area (Å²) in [7, 11) is -3.66. The van der Waals surface area contributed by atoms with Crippen LogP contribution in [0.3, 0.4) is 0 Å². The van der Waals surface area contributed by atoms with Gasteiger partial charge >= 0.3 is 0 Å². The molecule has 0 atom stereocenters. The van der Waals surface area contributed by atoms with Gasteiger partial charge in [0.25, 0.3) is 5.91 Å². The van der Waals surface area contributed by atoms with Crippen molar-refractivity contribution < 1.29 is 17.9 Å². The Kier molecular flexibility index (Phi) is 9.77. The van der Waals surface area contributed by atoms with Crippen LogP contribution in [0, 0.1) is 11.3 Å². The highest BCUT2D eigenvalue weighted by atomic mass is 32.2. The normalized spacial score (nSPS) is 11.0. The van der Waals surface area contributed by atoms with Crippen molar-refractivity contribution in [2.24, 2.45) is 0 Å². The molecule has 25 heavy (non-hydrogen) atoms. The average Bonchev–Trinajstić information content (AvgIpc) is 2.61. The molecule has 0 aliphatic rings. The molecule has 7 nitrogen and oxygen atoms in total. The number of unbranched alkanes of at least 4 members (excludes halogenated alkanes) is 1. The fourth-order valence-corrected chi connectivity index (χ4v) is 2.97. The number of sulfonamides is 1. The molecule has 0 aromatic heterocycles. The molecule has 0 heterocycles. The number of benzene rings is 1. The van der Waals surface area contributed by atoms with Crippen molar-refractivity contribution in [1.29, 1.82) is 5.26 Å². The molecule has 138 valence electrons. The van der Waals surface area contributed by atoms with Crippen LogP contribution in [0.1, 0.15) is 43.0 Å². The minimum atomic E-state index is -3.66. The highest BCUT2D eigenvalue weighted by Gasteiger charge is 2.14. The molecule has 1 amide bonds. The van der Waals surface area contributed by atoms with Crippen molar-refractivity contribution in [2.75, 3.05) is 26.3 Å². The topological polar surface area (TPSA) is 108 Å². The summed E-state index contributed by atoms with van der Waals surface area (Å²) in [6, 6.07) is 7.54. The van der Waals surface area contributed by atoms with Crippen molar-refractivity contribution in [3.05, 3.63) is 29.8 Å². The standard InChI is InChI=1S/C17H25N3O4S/c1-2-3-13-24-14-5-11-19-17(21)15-6-8-16(9-7-15)25(22,23)20-12-4-10-18/h6-9,20H,2-5,11-14H2,1H3,(H,19,21). The molecule has 1 aromatic carbocycles. The van der Waals surface area contributed by atoms with E-state index in [1.807, 2.05) is 6.07 Å². The van der Waals surface area contributed by atoms with Gasteiger partial charge in [-0.25, -0.2) is 13.1 Å². The Morgan fingerprint density at radius 3 is 2.48 bits per heavy atom. The van der Waals surface area contributed by atoms with Gasteiger partial charge in [-0.2, -0.15) is 5.26 Å². The monoisotopic (exact) mass is 367 g/mol. The Morgan fingerprint density at radius 2 is 1.84 bits per heavy atom. The maximum Gasteiger partial charge on any atom is 0.251 e. The van der Waals surface area contributed by atoms with Gasteiger partial charge in [0.15, 0.2) is 0 Å². The molecule has 0 bridgehead atoms. The van der Waals surface area contributed by atoms with Gasteiger partial charge in [-0.1, -0.05) is 13.3 Å². The SMILES string of the molecule is CCCCOCCCNC(=O)c1ccc(S(=O)(=O)NCCC#N)cc1. The van der Waals surface area contributed by atoms with Crippen LogP contribution in [-0.4, -0.2) is 40.6 Å². The zero-order chi connectivity index (χ0) is 18.5. The molecule has 8 heteroatoms. The lowest BCUT2D eigenvalue weighted by molar-refractivity contribution is 0.0940. The second-order valence-electron chi connectivity index (χ2n) is 5.41. The van der Waals surface area contributed by atoms with E-state index in [2.05, 4.69) is 17.0 Å². The third-order valence-corrected chi connectivity index (χ3v) is 4.83. The quantitative estimate of drug-likeness (QED) is 0.548. The number of nitrogens with one attached hydrogen (secondary N) is 2. The Hall–Kier alpha value is -1.95. The molecule has 2 N–H and O–H groups in total. The predicted molar refractivity (Wildman–Crippen MR) is 94.5 cm³/mol. The summed E-state index contributed by atoms with van der Waals surface area (Å²) >= 11 is 0. The van der Waals surface area contributed by atoms with Crippen molar-refractivity contribution >= 4 is 15.9 Å². The lowest BCUT2D eigenvalue weighted by atomic mass is 10.2. The second-order valence-corrected chi connectivity index (χ2v) is 7.17. The second kappa shape index (κ2) is 11.6. The minimum absolute atomic E-state index is 0.0569. The zero-order valence-corrected chi connectivity index (χ0v) is 15.3. The van der Waals surface area contributed by atoms with Gasteiger partial charge in [0.2, 0.25) is 10.0 Å². The van der Waals surface area contributed by atoms with E-state index in [0.29, 0.717) is 18.7 Å². The third-order valence-electron chi connectivity index (χ3n) is 3.35. The summed E-state index contributed by atoms with van der Waals surface area (Å²) in [6.07, 6.45) is 2.95. The molecule has 1 aromatic rings. The van der Waals surface area contributed by atoms with Gasteiger partial charge in [-0.3, -0.25) is 4.79 Å². The van der Waals surface area contributed by atoms with E-state index in [1.54, 1.807) is 0 Å². The van der Waals surface area contributed by atoms with Crippen LogP contribution in [0.25, 0.3) is 0 Å². The maximum absolute atomic E-state index is 12.0. The zero-order valence-electron chi connectivity index (χ0n) is 14.5. The molecule has 0 saturated heterocycles. The number of carbonyl (C=O) groups is 1. The van der Waals surface area contributed by atoms with Crippen LogP contribution in [0.5, 0.6) is 0 Å². The highest BCUT2D eigenvalue weighted by molar-refractivity contribution is 7.89. The highest BCUT2D eigenvalue weighted by Crippen LogP contribution is 2.10. The van der Waals surface area contributed by atoms with Crippen LogP contribution >= 0.6 is 0 Å². The molecule has 0 aliphatic carbocycles. The van der Waals surface area contributed by atoms with E-state index < -0.39 is 10.0 Å². The molecule has 1 rings (SSSR count). The van der Waals surface area contributed by atoms with Gasteiger partial charge in [0.1, 0.15) is 0 Å². The summed E-state index contributed by atoms with van der Waals surface area (Å²) in [5.74, 6) is -0.255. The van der Waals surface area contributed by atoms with E-state index in [4.69, 9.17) is 10.00 Å². The van der Waals surface area contributed by atoms with Gasteiger partial charge in [-0.05, 0) is 37.1 Å². The Labute approximate surface area is 149 Å². The lowest BCUT2D eigenvalue weighted by Crippen LogP contribution is -2.26. The first kappa shape index (κ1) is 21.1. The van der Waals surface area contributed by atoms with Crippen LogP contribution in [0.2, 0.25) is 0 Å². The van der Waals surface area contributed by atoms with Crippen molar-refractivity contribution in [3.8, 4) is 6.07 Å². The number of amides is 1. The fourth-order valence-electron chi connectivity index (χ4n) is 1.94. The van der Waals surface area contributed by atoms with Crippen LogP contribution in [0.15, 0.2) is 29.2 Å². The number of hydrogen-bond acceptors (Lipinski definition) is 5. The van der Waals surface area contributed by atoms with E-state index in [0.717, 1.165) is 25.9 Å². The number of hydrogen-bond donors (Lipinski definition) is 2. The van der Waals surface area contributed by atoms with Crippen molar-refractivity contribution in [1.82, 2.24) is 10.0 Å². The third kappa shape index (κ3) is 8.12. The van der Waals surface area contributed by atoms with Crippen LogP contribution < -0.4 is 10.0 Å². The molecule has 0 fully saturated rings. The molecular formula is C17H25N3O4S. The Morgan fingerprint density at radius 1 is 1.16 bits per heavy atom. The van der Waals surface area contributed by atoms with Crippen LogP contribution in [0.4, 0.5) is 0 Å². The molecule has 0 aliphatic heterocycles. The summed E-state index contributed by atoms with van der Waals surface area (Å²) in [4.78, 5) is 12.1. The number of carbonyl (C=O) groups excluding carboxylic acids is 1. The number of rotatable bonds is 12. The average molecular weight is 367 g/mol. The van der Waals surface area contributed by atoms with Crippen LogP contribution in [-0.2, 0) is 14.8 Å². The fraction of sp³-hybridized carbons (Fsp3) is 0.529. The molecule has 0 unspecified atom stereocenters. The van der Waals surface area contributed by atoms with E-state index in [-0.39, 0.29) is 23.8 Å². The number of nitrogens with zero attached hydrogens (tertiary/aromatic N) is 1. The summed E-state index contributed by atoms with van der Waals surface area (Å²) < 4.78 is 31.7. The first-order valence-corrected chi connectivity index (χ1v) is 9.82. The van der Waals surface area contributed by atoms with Gasteiger partial charge in [0, 0.05) is 38.3 Å². The molecule has 0 saturated carbocycles.